The molecule has 84 valence electrons. The third-order valence-corrected chi connectivity index (χ3v) is 2.60. The van der Waals surface area contributed by atoms with E-state index in [1.165, 1.54) is 0 Å². The SMILES string of the molecule is COc1c(Cl)cc(Cl)cc1NCCCCl. The highest BCUT2D eigenvalue weighted by Crippen LogP contribution is 2.35. The highest BCUT2D eigenvalue weighted by molar-refractivity contribution is 6.36. The molecule has 0 atom stereocenters. The van der Waals surface area contributed by atoms with E-state index in [2.05, 4.69) is 5.32 Å². The Bertz CT molecular complexity index is 331. The monoisotopic (exact) mass is 267 g/mol. The number of halogens is 3. The van der Waals surface area contributed by atoms with Crippen LogP contribution >= 0.6 is 34.8 Å². The standard InChI is InChI=1S/C10H12Cl3NO/c1-15-10-8(13)5-7(12)6-9(10)14-4-2-3-11/h5-6,14H,2-4H2,1H3. The Balaban J connectivity index is 2.84. The van der Waals surface area contributed by atoms with Crippen molar-refractivity contribution in [1.29, 1.82) is 0 Å². The zero-order valence-corrected chi connectivity index (χ0v) is 10.6. The number of anilines is 1. The molecule has 15 heavy (non-hydrogen) atoms. The van der Waals surface area contributed by atoms with E-state index >= 15 is 0 Å². The first-order chi connectivity index (χ1) is 7.19. The Labute approximate surface area is 104 Å². The Kier molecular flexibility index (Phi) is 5.37. The van der Waals surface area contributed by atoms with E-state index in [9.17, 15) is 0 Å². The fourth-order valence-corrected chi connectivity index (χ4v) is 1.89. The Morgan fingerprint density at radius 3 is 2.67 bits per heavy atom. The third kappa shape index (κ3) is 3.63. The maximum absolute atomic E-state index is 5.97. The quantitative estimate of drug-likeness (QED) is 0.643. The molecule has 1 N–H and O–H groups in total. The lowest BCUT2D eigenvalue weighted by atomic mass is 10.3. The van der Waals surface area contributed by atoms with Gasteiger partial charge >= 0.3 is 0 Å². The van der Waals surface area contributed by atoms with Crippen molar-refractivity contribution >= 4 is 40.5 Å². The van der Waals surface area contributed by atoms with E-state index in [4.69, 9.17) is 39.5 Å². The van der Waals surface area contributed by atoms with E-state index in [0.29, 0.717) is 21.7 Å². The fourth-order valence-electron chi connectivity index (χ4n) is 1.19. The van der Waals surface area contributed by atoms with Gasteiger partial charge in [0.05, 0.1) is 17.8 Å². The van der Waals surface area contributed by atoms with Crippen LogP contribution in [0.15, 0.2) is 12.1 Å². The van der Waals surface area contributed by atoms with E-state index in [-0.39, 0.29) is 0 Å². The van der Waals surface area contributed by atoms with Gasteiger partial charge in [0.15, 0.2) is 5.75 Å². The van der Waals surface area contributed by atoms with Gasteiger partial charge in [0.25, 0.3) is 0 Å². The third-order valence-electron chi connectivity index (χ3n) is 1.84. The molecule has 0 aliphatic heterocycles. The summed E-state index contributed by atoms with van der Waals surface area (Å²) >= 11 is 17.4. The molecule has 0 aromatic heterocycles. The van der Waals surface area contributed by atoms with Crippen LogP contribution in [0.1, 0.15) is 6.42 Å². The number of benzene rings is 1. The summed E-state index contributed by atoms with van der Waals surface area (Å²) < 4.78 is 5.18. The molecule has 0 amide bonds. The van der Waals surface area contributed by atoms with Crippen molar-refractivity contribution < 1.29 is 4.74 Å². The summed E-state index contributed by atoms with van der Waals surface area (Å²) in [5.74, 6) is 1.22. The molecule has 5 heteroatoms. The van der Waals surface area contributed by atoms with E-state index in [0.717, 1.165) is 18.7 Å². The minimum absolute atomic E-state index is 0.498. The molecular formula is C10H12Cl3NO. The fraction of sp³-hybridized carbons (Fsp3) is 0.400. The molecule has 0 saturated carbocycles. The maximum atomic E-state index is 5.97. The minimum Gasteiger partial charge on any atom is -0.493 e. The van der Waals surface area contributed by atoms with Crippen LogP contribution in [0.25, 0.3) is 0 Å². The van der Waals surface area contributed by atoms with Crippen LogP contribution in [0.5, 0.6) is 5.75 Å². The van der Waals surface area contributed by atoms with E-state index in [1.807, 2.05) is 0 Å². The minimum atomic E-state index is 0.498. The van der Waals surface area contributed by atoms with Crippen LogP contribution in [0.4, 0.5) is 5.69 Å². The number of methoxy groups -OCH3 is 1. The summed E-state index contributed by atoms with van der Waals surface area (Å²) in [6.07, 6.45) is 0.870. The molecule has 0 spiro atoms. The Morgan fingerprint density at radius 1 is 1.33 bits per heavy atom. The number of rotatable bonds is 5. The molecule has 0 saturated heterocycles. The smallest absolute Gasteiger partial charge is 0.160 e. The lowest BCUT2D eigenvalue weighted by Gasteiger charge is -2.12. The Morgan fingerprint density at radius 2 is 2.07 bits per heavy atom. The molecular weight excluding hydrogens is 256 g/mol. The summed E-state index contributed by atoms with van der Waals surface area (Å²) in [6, 6.07) is 3.43. The van der Waals surface area contributed by atoms with Crippen molar-refractivity contribution in [3.8, 4) is 5.75 Å². The summed E-state index contributed by atoms with van der Waals surface area (Å²) in [5, 5.41) is 4.24. The van der Waals surface area contributed by atoms with Gasteiger partial charge < -0.3 is 10.1 Å². The second-order valence-electron chi connectivity index (χ2n) is 2.94. The van der Waals surface area contributed by atoms with Crippen LogP contribution < -0.4 is 10.1 Å². The van der Waals surface area contributed by atoms with Crippen molar-refractivity contribution in [2.45, 2.75) is 6.42 Å². The van der Waals surface area contributed by atoms with Gasteiger partial charge in [0, 0.05) is 17.4 Å². The molecule has 2 nitrogen and oxygen atoms in total. The number of hydrogen-bond donors (Lipinski definition) is 1. The first-order valence-corrected chi connectivity index (χ1v) is 5.81. The zero-order chi connectivity index (χ0) is 11.3. The number of alkyl halides is 1. The maximum Gasteiger partial charge on any atom is 0.160 e. The highest BCUT2D eigenvalue weighted by Gasteiger charge is 2.08. The molecule has 0 fully saturated rings. The summed E-state index contributed by atoms with van der Waals surface area (Å²) in [6.45, 7) is 0.760. The van der Waals surface area contributed by atoms with Crippen molar-refractivity contribution in [2.24, 2.45) is 0 Å². The van der Waals surface area contributed by atoms with Gasteiger partial charge in [-0.1, -0.05) is 23.2 Å². The molecule has 0 unspecified atom stereocenters. The summed E-state index contributed by atoms with van der Waals surface area (Å²) in [5.41, 5.74) is 0.792. The predicted octanol–water partition coefficient (Wildman–Crippen LogP) is 4.04. The lowest BCUT2D eigenvalue weighted by molar-refractivity contribution is 0.416. The normalized spacial score (nSPS) is 10.1. The first kappa shape index (κ1) is 12.8. The largest absolute Gasteiger partial charge is 0.493 e. The average molecular weight is 269 g/mol. The molecule has 1 rings (SSSR count). The van der Waals surface area contributed by atoms with E-state index < -0.39 is 0 Å². The average Bonchev–Trinajstić information content (AvgIpc) is 2.17. The molecule has 0 heterocycles. The summed E-state index contributed by atoms with van der Waals surface area (Å²) in [7, 11) is 1.57. The predicted molar refractivity (Wildman–Crippen MR) is 66.8 cm³/mol. The number of hydrogen-bond acceptors (Lipinski definition) is 2. The number of ether oxygens (including phenoxy) is 1. The van der Waals surface area contributed by atoms with Gasteiger partial charge in [-0.15, -0.1) is 11.6 Å². The second kappa shape index (κ2) is 6.31. The van der Waals surface area contributed by atoms with E-state index in [1.54, 1.807) is 19.2 Å². The number of nitrogens with one attached hydrogen (secondary N) is 1. The van der Waals surface area contributed by atoms with Crippen molar-refractivity contribution in [1.82, 2.24) is 0 Å². The van der Waals surface area contributed by atoms with Gasteiger partial charge in [0.1, 0.15) is 0 Å². The molecule has 0 aliphatic carbocycles. The van der Waals surface area contributed by atoms with Gasteiger partial charge in [-0.2, -0.15) is 0 Å². The van der Waals surface area contributed by atoms with Crippen LogP contribution in [0.3, 0.4) is 0 Å². The first-order valence-electron chi connectivity index (χ1n) is 4.52. The van der Waals surface area contributed by atoms with Gasteiger partial charge in [-0.25, -0.2) is 0 Å². The zero-order valence-electron chi connectivity index (χ0n) is 8.32. The topological polar surface area (TPSA) is 21.3 Å². The van der Waals surface area contributed by atoms with Crippen LogP contribution in [0, 0.1) is 0 Å². The second-order valence-corrected chi connectivity index (χ2v) is 4.16. The highest BCUT2D eigenvalue weighted by atomic mass is 35.5. The molecule has 0 aliphatic rings. The van der Waals surface area contributed by atoms with Crippen molar-refractivity contribution in [3.05, 3.63) is 22.2 Å². The molecule has 0 bridgehead atoms. The molecule has 0 radical (unpaired) electrons. The van der Waals surface area contributed by atoms with Gasteiger partial charge in [0.2, 0.25) is 0 Å². The summed E-state index contributed by atoms with van der Waals surface area (Å²) in [4.78, 5) is 0. The van der Waals surface area contributed by atoms with Gasteiger partial charge in [-0.05, 0) is 18.6 Å². The van der Waals surface area contributed by atoms with Crippen LogP contribution in [-0.2, 0) is 0 Å². The van der Waals surface area contributed by atoms with Crippen molar-refractivity contribution in [2.75, 3.05) is 24.9 Å². The van der Waals surface area contributed by atoms with Crippen LogP contribution in [-0.4, -0.2) is 19.5 Å². The van der Waals surface area contributed by atoms with Crippen LogP contribution in [0.2, 0.25) is 10.0 Å². The Hall–Kier alpha value is -0.310. The van der Waals surface area contributed by atoms with Crippen molar-refractivity contribution in [3.63, 3.8) is 0 Å². The molecule has 1 aromatic carbocycles. The molecule has 1 aromatic rings. The lowest BCUT2D eigenvalue weighted by Crippen LogP contribution is -2.03. The van der Waals surface area contributed by atoms with Gasteiger partial charge in [-0.3, -0.25) is 0 Å².